The number of nitrogens with zero attached hydrogens (tertiary/aromatic N) is 5. The molecule has 7 heteroatoms. The molecule has 60 heavy (non-hydrogen) atoms. The van der Waals surface area contributed by atoms with E-state index in [1.807, 2.05) is 121 Å². The average molecular weight is 846 g/mol. The largest absolute Gasteiger partial charge is 0.192 e. The molecular formula is C53H52FeN5P. The third kappa shape index (κ3) is 10.1. The van der Waals surface area contributed by atoms with Crippen LogP contribution in [0.1, 0.15) is 152 Å². The van der Waals surface area contributed by atoms with Crippen molar-refractivity contribution in [2.45, 2.75) is 113 Å². The second-order valence-corrected chi connectivity index (χ2v) is 22.1. The van der Waals surface area contributed by atoms with Crippen molar-refractivity contribution in [3.8, 4) is 30.3 Å². The predicted octanol–water partition coefficient (Wildman–Crippen LogP) is 13.3. The minimum absolute atomic E-state index is 0. The predicted molar refractivity (Wildman–Crippen MR) is 238 cm³/mol. The van der Waals surface area contributed by atoms with Gasteiger partial charge in [-0.1, -0.05) is 123 Å². The number of hydrogen-bond donors (Lipinski definition) is 0. The molecule has 0 N–H and O–H groups in total. The molecule has 0 heterocycles. The van der Waals surface area contributed by atoms with Gasteiger partial charge in [-0.15, -0.1) is 0 Å². The van der Waals surface area contributed by atoms with Crippen LogP contribution in [0.2, 0.25) is 0 Å². The summed E-state index contributed by atoms with van der Waals surface area (Å²) in [6, 6.07) is 50.1. The fourth-order valence-corrected chi connectivity index (χ4v) is 15.4. The summed E-state index contributed by atoms with van der Waals surface area (Å²) in [6.45, 7) is 14.7. The van der Waals surface area contributed by atoms with Crippen LogP contribution in [0.3, 0.4) is 0 Å². The Morgan fingerprint density at radius 3 is 0.700 bits per heavy atom. The van der Waals surface area contributed by atoms with Crippen LogP contribution in [0.25, 0.3) is 0 Å². The van der Waals surface area contributed by atoms with Gasteiger partial charge in [0.15, 0.2) is 0 Å². The first-order valence-corrected chi connectivity index (χ1v) is 22.0. The maximum absolute atomic E-state index is 9.57. The zero-order chi connectivity index (χ0) is 42.3. The molecule has 0 bridgehead atoms. The molecule has 7 rings (SSSR count). The zero-order valence-corrected chi connectivity index (χ0v) is 37.4. The topological polar surface area (TPSA) is 119 Å². The van der Waals surface area contributed by atoms with Crippen LogP contribution in [0.5, 0.6) is 0 Å². The molecule has 0 saturated heterocycles. The molecule has 2 fully saturated rings. The van der Waals surface area contributed by atoms with Gasteiger partial charge >= 0.3 is 0 Å². The normalized spacial score (nSPS) is 19.9. The SMILES string of the molecule is CC(C)(C)P(C1CCCC1)C(C)(C)C.N#Cc1ccc(C2C(c3ccc(C#N)cc3)C(c3ccc(C#N)cc3)C(c3ccc(C#N)cc3)C2c2ccc(C#N)cc2)cc1.[Fe]. The van der Waals surface area contributed by atoms with E-state index in [0.29, 0.717) is 38.1 Å². The summed E-state index contributed by atoms with van der Waals surface area (Å²) in [7, 11) is 0.156. The van der Waals surface area contributed by atoms with E-state index in [0.717, 1.165) is 33.5 Å². The molecule has 2 aliphatic rings. The van der Waals surface area contributed by atoms with E-state index in [1.165, 1.54) is 25.7 Å². The minimum atomic E-state index is -0.0695. The molecule has 0 atom stereocenters. The fraction of sp³-hybridized carbons (Fsp3) is 0.340. The standard InChI is InChI=1S/C40H25N5.C13H27P.Fe/c41-21-26-1-11-31(12-2-26)36-37(32-13-3-27(22-42)4-14-32)39(34-17-7-29(24-44)8-18-34)40(35-19-9-30(25-45)10-20-35)38(36)33-15-5-28(23-43)6-16-33;1-12(2,3)14(13(4,5)6)11-9-7-8-10-11;/h1-20,36-40H;11H,7-10H2,1-6H3;. The number of hydrogen-bond acceptors (Lipinski definition) is 5. The number of nitriles is 5. The molecule has 5 nitrogen and oxygen atoms in total. The summed E-state index contributed by atoms with van der Waals surface area (Å²) >= 11 is 0. The van der Waals surface area contributed by atoms with Gasteiger partial charge in [0.25, 0.3) is 0 Å². The van der Waals surface area contributed by atoms with Crippen molar-refractivity contribution in [3.63, 3.8) is 0 Å². The van der Waals surface area contributed by atoms with Crippen LogP contribution in [0.4, 0.5) is 0 Å². The molecule has 0 aromatic heterocycles. The van der Waals surface area contributed by atoms with Crippen LogP contribution >= 0.6 is 7.92 Å². The average Bonchev–Trinajstić information content (AvgIpc) is 3.90. The van der Waals surface area contributed by atoms with Gasteiger partial charge in [-0.05, 0) is 147 Å². The van der Waals surface area contributed by atoms with Gasteiger partial charge in [-0.25, -0.2) is 0 Å². The molecule has 5 aromatic carbocycles. The summed E-state index contributed by atoms with van der Waals surface area (Å²) in [5.41, 5.74) is 9.32. The van der Waals surface area contributed by atoms with Gasteiger partial charge in [0.1, 0.15) is 0 Å². The van der Waals surface area contributed by atoms with Gasteiger partial charge < -0.3 is 0 Å². The molecule has 2 saturated carbocycles. The van der Waals surface area contributed by atoms with E-state index in [4.69, 9.17) is 0 Å². The Balaban J connectivity index is 0.000000388. The Hall–Kier alpha value is -5.50. The molecule has 0 unspecified atom stereocenters. The quantitative estimate of drug-likeness (QED) is 0.125. The Morgan fingerprint density at radius 2 is 0.550 bits per heavy atom. The molecule has 302 valence electrons. The van der Waals surface area contributed by atoms with Crippen LogP contribution in [-0.4, -0.2) is 16.0 Å². The Labute approximate surface area is 369 Å². The maximum Gasteiger partial charge on any atom is 0.0991 e. The number of benzene rings is 5. The smallest absolute Gasteiger partial charge is 0.0991 e. The Morgan fingerprint density at radius 1 is 0.367 bits per heavy atom. The molecule has 0 amide bonds. The van der Waals surface area contributed by atoms with E-state index in [1.54, 1.807) is 0 Å². The van der Waals surface area contributed by atoms with Crippen molar-refractivity contribution in [2.75, 3.05) is 0 Å². The van der Waals surface area contributed by atoms with Gasteiger partial charge in [0.2, 0.25) is 0 Å². The zero-order valence-electron chi connectivity index (χ0n) is 35.4. The second kappa shape index (κ2) is 19.7. The van der Waals surface area contributed by atoms with Gasteiger partial charge in [-0.3, -0.25) is 0 Å². The van der Waals surface area contributed by atoms with Crippen LogP contribution in [-0.2, 0) is 17.1 Å². The fourth-order valence-electron chi connectivity index (χ4n) is 10.4. The molecule has 0 radical (unpaired) electrons. The van der Waals surface area contributed by atoms with Gasteiger partial charge in [0.05, 0.1) is 58.2 Å². The minimum Gasteiger partial charge on any atom is -0.192 e. The van der Waals surface area contributed by atoms with Gasteiger partial charge in [-0.2, -0.15) is 26.3 Å². The molecule has 0 aliphatic heterocycles. The Bertz CT molecular complexity index is 2040. The third-order valence-corrected chi connectivity index (χ3v) is 16.3. The first kappa shape index (κ1) is 45.6. The van der Waals surface area contributed by atoms with Crippen LogP contribution in [0, 0.1) is 56.7 Å². The molecule has 0 spiro atoms. The third-order valence-electron chi connectivity index (χ3n) is 12.2. The van der Waals surface area contributed by atoms with Crippen molar-refractivity contribution in [3.05, 3.63) is 177 Å². The summed E-state index contributed by atoms with van der Waals surface area (Å²) in [4.78, 5) is 0. The van der Waals surface area contributed by atoms with E-state index in [9.17, 15) is 26.3 Å². The van der Waals surface area contributed by atoms with Crippen LogP contribution < -0.4 is 0 Å². The van der Waals surface area contributed by atoms with Crippen molar-refractivity contribution in [2.24, 2.45) is 0 Å². The van der Waals surface area contributed by atoms with Crippen LogP contribution in [0.15, 0.2) is 121 Å². The van der Waals surface area contributed by atoms with Crippen molar-refractivity contribution < 1.29 is 17.1 Å². The summed E-state index contributed by atoms with van der Waals surface area (Å²) < 4.78 is 0. The van der Waals surface area contributed by atoms with Gasteiger partial charge in [0, 0.05) is 17.1 Å². The molecule has 2 aliphatic carbocycles. The van der Waals surface area contributed by atoms with E-state index in [-0.39, 0.29) is 54.6 Å². The number of rotatable bonds is 6. The summed E-state index contributed by atoms with van der Waals surface area (Å²) in [5, 5.41) is 48.9. The summed E-state index contributed by atoms with van der Waals surface area (Å²) in [5.74, 6) is -0.348. The maximum atomic E-state index is 9.57. The second-order valence-electron chi connectivity index (χ2n) is 17.9. The van der Waals surface area contributed by atoms with E-state index < -0.39 is 0 Å². The monoisotopic (exact) mass is 845 g/mol. The molecular weight excluding hydrogens is 793 g/mol. The molecule has 5 aromatic rings. The first-order valence-electron chi connectivity index (χ1n) is 20.6. The Kier molecular flexibility index (Phi) is 15.0. The van der Waals surface area contributed by atoms with E-state index in [2.05, 4.69) is 71.9 Å². The first-order chi connectivity index (χ1) is 28.3. The van der Waals surface area contributed by atoms with Crippen molar-refractivity contribution in [1.82, 2.24) is 0 Å². The van der Waals surface area contributed by atoms with Crippen molar-refractivity contribution >= 4 is 7.92 Å². The van der Waals surface area contributed by atoms with E-state index >= 15 is 0 Å². The van der Waals surface area contributed by atoms with Crippen molar-refractivity contribution in [1.29, 1.82) is 26.3 Å². The summed E-state index contributed by atoms with van der Waals surface area (Å²) in [6.07, 6.45) is 5.96.